The minimum atomic E-state index is -0.216. The Morgan fingerprint density at radius 1 is 1.25 bits per heavy atom. The van der Waals surface area contributed by atoms with E-state index in [-0.39, 0.29) is 20.5 Å². The van der Waals surface area contributed by atoms with Crippen LogP contribution in [0.1, 0.15) is 10.4 Å². The van der Waals surface area contributed by atoms with Crippen LogP contribution < -0.4 is 11.1 Å². The van der Waals surface area contributed by atoms with Crippen LogP contribution in [-0.4, -0.2) is 20.5 Å². The van der Waals surface area contributed by atoms with E-state index in [2.05, 4.69) is 29.2 Å². The van der Waals surface area contributed by atoms with Crippen LogP contribution in [0.2, 0.25) is 0 Å². The van der Waals surface area contributed by atoms with Crippen molar-refractivity contribution in [2.75, 3.05) is 11.1 Å². The van der Waals surface area contributed by atoms with Crippen LogP contribution in [-0.2, 0) is 0 Å². The number of carbonyl (C=O) groups excluding carboxylic acids is 1. The van der Waals surface area contributed by atoms with Crippen molar-refractivity contribution in [3.8, 4) is 0 Å². The van der Waals surface area contributed by atoms with Gasteiger partial charge in [-0.1, -0.05) is 0 Å². The van der Waals surface area contributed by atoms with Crippen LogP contribution in [0.3, 0.4) is 0 Å². The minimum absolute atomic E-state index is 0.120. The second kappa shape index (κ2) is 5.36. The molecule has 0 saturated heterocycles. The van der Waals surface area contributed by atoms with Gasteiger partial charge in [-0.05, 0) is 0 Å². The second-order valence-electron chi connectivity index (χ2n) is 4.13. The molecular formula is C13H9BrN4OSe. The fourth-order valence-corrected chi connectivity index (χ4v) is 3.19. The molecule has 0 bridgehead atoms. The number of halogens is 1. The number of nitrogens with two attached hydrogens (primary N) is 1. The van der Waals surface area contributed by atoms with E-state index in [4.69, 9.17) is 5.73 Å². The molecule has 0 saturated carbocycles. The van der Waals surface area contributed by atoms with E-state index in [0.717, 1.165) is 15.8 Å². The van der Waals surface area contributed by atoms with Crippen LogP contribution in [0.15, 0.2) is 48.8 Å². The van der Waals surface area contributed by atoms with Gasteiger partial charge in [0, 0.05) is 0 Å². The van der Waals surface area contributed by atoms with Gasteiger partial charge >= 0.3 is 129 Å². The van der Waals surface area contributed by atoms with E-state index >= 15 is 0 Å². The van der Waals surface area contributed by atoms with E-state index in [9.17, 15) is 4.79 Å². The van der Waals surface area contributed by atoms with Gasteiger partial charge in [0.1, 0.15) is 0 Å². The Bertz CT molecular complexity index is 784. The van der Waals surface area contributed by atoms with Crippen molar-refractivity contribution in [2.24, 2.45) is 7.92 Å². The molecule has 0 aliphatic carbocycles. The summed E-state index contributed by atoms with van der Waals surface area (Å²) in [5, 5.41) is 2.85. The third-order valence-electron chi connectivity index (χ3n) is 2.79. The van der Waals surface area contributed by atoms with Gasteiger partial charge < -0.3 is 0 Å². The summed E-state index contributed by atoms with van der Waals surface area (Å²) in [6, 6.07) is 10.7. The molecule has 1 aliphatic heterocycles. The molecule has 0 aromatic heterocycles. The van der Waals surface area contributed by atoms with Gasteiger partial charge in [-0.2, -0.15) is 0 Å². The van der Waals surface area contributed by atoms with E-state index in [0.29, 0.717) is 16.9 Å². The average Bonchev–Trinajstić information content (AvgIpc) is 2.91. The molecule has 3 N–H and O–H groups in total. The Kier molecular flexibility index (Phi) is 3.56. The van der Waals surface area contributed by atoms with E-state index in [1.807, 2.05) is 18.2 Å². The van der Waals surface area contributed by atoms with Crippen molar-refractivity contribution in [3.05, 3.63) is 46.4 Å². The molecule has 7 heteroatoms. The summed E-state index contributed by atoms with van der Waals surface area (Å²) in [5.41, 5.74) is 9.08. The van der Waals surface area contributed by atoms with Crippen LogP contribution >= 0.6 is 15.9 Å². The Morgan fingerprint density at radius 3 is 2.90 bits per heavy atom. The van der Waals surface area contributed by atoms with E-state index in [1.165, 1.54) is 0 Å². The Morgan fingerprint density at radius 2 is 2.10 bits per heavy atom. The van der Waals surface area contributed by atoms with Gasteiger partial charge in [0.25, 0.3) is 0 Å². The zero-order valence-electron chi connectivity index (χ0n) is 10.1. The first-order chi connectivity index (χ1) is 9.65. The zero-order chi connectivity index (χ0) is 14.1. The van der Waals surface area contributed by atoms with E-state index < -0.39 is 0 Å². The molecule has 0 radical (unpaired) electrons. The molecule has 0 spiro atoms. The predicted octanol–water partition coefficient (Wildman–Crippen LogP) is 3.63. The Labute approximate surface area is 129 Å². The normalized spacial score (nSPS) is 11.8. The molecule has 20 heavy (non-hydrogen) atoms. The molecule has 1 amide bonds. The summed E-state index contributed by atoms with van der Waals surface area (Å²) < 4.78 is 9.38. The second-order valence-corrected chi connectivity index (χ2v) is 6.09. The van der Waals surface area contributed by atoms with Crippen LogP contribution in [0.4, 0.5) is 22.7 Å². The Hall–Kier alpha value is -1.69. The first kappa shape index (κ1) is 13.3. The average molecular weight is 396 g/mol. The number of nitrogen functional groups attached to an aromatic ring is 1. The SMILES string of the molecule is Nc1cc(C(=O)Nc2cccc3c2N=[Se]=N3)ccc1Br. The van der Waals surface area contributed by atoms with Gasteiger partial charge in [-0.25, -0.2) is 0 Å². The number of nitrogens with zero attached hydrogens (tertiary/aromatic N) is 2. The summed E-state index contributed by atoms with van der Waals surface area (Å²) in [6.07, 6.45) is 0. The third-order valence-corrected chi connectivity index (χ3v) is 4.65. The van der Waals surface area contributed by atoms with Gasteiger partial charge in [0.15, 0.2) is 0 Å². The topological polar surface area (TPSA) is 79.8 Å². The quantitative estimate of drug-likeness (QED) is 0.513. The maximum atomic E-state index is 12.2. The van der Waals surface area contributed by atoms with Crippen LogP contribution in [0, 0.1) is 0 Å². The molecule has 1 heterocycles. The first-order valence-electron chi connectivity index (χ1n) is 5.73. The molecule has 1 aliphatic rings. The fourth-order valence-electron chi connectivity index (χ4n) is 1.79. The molecular weight excluding hydrogens is 387 g/mol. The number of amides is 1. The van der Waals surface area contributed by atoms with Crippen molar-refractivity contribution in [1.29, 1.82) is 0 Å². The maximum absolute atomic E-state index is 12.2. The number of carbonyl (C=O) groups is 1. The molecule has 100 valence electrons. The molecule has 0 fully saturated rings. The summed E-state index contributed by atoms with van der Waals surface area (Å²) in [4.78, 5) is 12.2. The van der Waals surface area contributed by atoms with Crippen molar-refractivity contribution in [1.82, 2.24) is 0 Å². The van der Waals surface area contributed by atoms with Crippen LogP contribution in [0.5, 0.6) is 0 Å². The number of fused-ring (bicyclic) bond motifs is 1. The van der Waals surface area contributed by atoms with Gasteiger partial charge in [0.05, 0.1) is 0 Å². The molecule has 2 aromatic rings. The molecule has 5 nitrogen and oxygen atoms in total. The number of benzene rings is 2. The van der Waals surface area contributed by atoms with Crippen molar-refractivity contribution in [2.45, 2.75) is 0 Å². The Balaban J connectivity index is 1.88. The van der Waals surface area contributed by atoms with Gasteiger partial charge in [-0.3, -0.25) is 0 Å². The summed E-state index contributed by atoms with van der Waals surface area (Å²) >= 11 is 3.18. The number of nitrogens with one attached hydrogen (secondary N) is 1. The summed E-state index contributed by atoms with van der Waals surface area (Å²) in [6.45, 7) is 0. The van der Waals surface area contributed by atoms with Gasteiger partial charge in [0.2, 0.25) is 0 Å². The molecule has 2 aromatic carbocycles. The summed E-state index contributed by atoms with van der Waals surface area (Å²) in [7, 11) is 0. The summed E-state index contributed by atoms with van der Waals surface area (Å²) in [5.74, 6) is -0.216. The third kappa shape index (κ3) is 2.47. The number of anilines is 2. The zero-order valence-corrected chi connectivity index (χ0v) is 13.4. The van der Waals surface area contributed by atoms with Crippen molar-refractivity contribution >= 4 is 59.2 Å². The van der Waals surface area contributed by atoms with E-state index in [1.54, 1.807) is 18.2 Å². The molecule has 3 rings (SSSR count). The van der Waals surface area contributed by atoms with Gasteiger partial charge in [-0.15, -0.1) is 0 Å². The standard InChI is InChI=1S/C13H9BrN4OSe/c14-8-5-4-7(6-9(8)15)13(19)16-10-2-1-3-11-12(10)18-20-17-11/h1-6H,15H2,(H,16,19). The number of hydrogen-bond acceptors (Lipinski definition) is 4. The first-order valence-corrected chi connectivity index (χ1v) is 8.05. The molecule has 0 atom stereocenters. The van der Waals surface area contributed by atoms with Crippen molar-refractivity contribution in [3.63, 3.8) is 0 Å². The fraction of sp³-hybridized carbons (Fsp3) is 0. The van der Waals surface area contributed by atoms with Crippen molar-refractivity contribution < 1.29 is 4.79 Å². The predicted molar refractivity (Wildman–Crippen MR) is 82.9 cm³/mol. The van der Waals surface area contributed by atoms with Crippen LogP contribution in [0.25, 0.3) is 0 Å². The number of hydrogen-bond donors (Lipinski definition) is 2. The number of rotatable bonds is 2. The monoisotopic (exact) mass is 396 g/mol. The molecule has 0 unspecified atom stereocenters.